The van der Waals surface area contributed by atoms with E-state index in [2.05, 4.69) is 15.3 Å². The van der Waals surface area contributed by atoms with Crippen molar-refractivity contribution in [2.24, 2.45) is 12.8 Å². The number of rotatable bonds is 4. The van der Waals surface area contributed by atoms with E-state index in [1.54, 1.807) is 11.6 Å². The van der Waals surface area contributed by atoms with Gasteiger partial charge in [0.2, 0.25) is 5.89 Å². The molecule has 17 heavy (non-hydrogen) atoms. The highest BCUT2D eigenvalue weighted by atomic mass is 32.2. The third-order valence-electron chi connectivity index (χ3n) is 2.27. The number of thioether (sulfide) groups is 1. The Kier molecular flexibility index (Phi) is 3.49. The Labute approximate surface area is 104 Å². The maximum Gasteiger partial charge on any atom is 0.277 e. The van der Waals surface area contributed by atoms with Crippen LogP contribution in [0.1, 0.15) is 23.6 Å². The molecule has 0 bridgehead atoms. The summed E-state index contributed by atoms with van der Waals surface area (Å²) < 4.78 is 7.10. The van der Waals surface area contributed by atoms with Gasteiger partial charge in [-0.25, -0.2) is 0 Å². The molecule has 2 unspecified atom stereocenters. The Morgan fingerprint density at radius 3 is 2.71 bits per heavy atom. The van der Waals surface area contributed by atoms with Crippen LogP contribution in [0.5, 0.6) is 0 Å². The molecule has 0 aromatic carbocycles. The lowest BCUT2D eigenvalue weighted by atomic mass is 10.1. The average Bonchev–Trinajstić information content (AvgIpc) is 2.83. The van der Waals surface area contributed by atoms with E-state index in [9.17, 15) is 0 Å². The van der Waals surface area contributed by atoms with E-state index in [1.165, 1.54) is 11.8 Å². The van der Waals surface area contributed by atoms with Crippen molar-refractivity contribution in [3.8, 4) is 0 Å². The summed E-state index contributed by atoms with van der Waals surface area (Å²) in [6.07, 6.45) is 3.76. The van der Waals surface area contributed by atoms with Crippen LogP contribution in [-0.2, 0) is 7.05 Å². The fourth-order valence-corrected chi connectivity index (χ4v) is 2.45. The Bertz CT molecular complexity index is 492. The highest BCUT2D eigenvalue weighted by molar-refractivity contribution is 7.99. The molecule has 6 nitrogen and oxygen atoms in total. The first-order chi connectivity index (χ1) is 8.06. The first-order valence-electron chi connectivity index (χ1n) is 5.27. The SMILES string of the molecule is Cc1nnc(SC(c2cnn(C)c2)C(C)N)o1. The summed E-state index contributed by atoms with van der Waals surface area (Å²) in [5.74, 6) is 0.558. The van der Waals surface area contributed by atoms with Crippen LogP contribution in [0, 0.1) is 6.92 Å². The molecule has 2 aromatic rings. The summed E-state index contributed by atoms with van der Waals surface area (Å²) >= 11 is 1.47. The minimum atomic E-state index is -0.0311. The number of hydrogen-bond acceptors (Lipinski definition) is 6. The zero-order chi connectivity index (χ0) is 12.4. The molecule has 0 saturated carbocycles. The molecule has 0 aliphatic carbocycles. The van der Waals surface area contributed by atoms with E-state index >= 15 is 0 Å². The highest BCUT2D eigenvalue weighted by Crippen LogP contribution is 2.35. The summed E-state index contributed by atoms with van der Waals surface area (Å²) in [5, 5.41) is 12.5. The zero-order valence-corrected chi connectivity index (χ0v) is 10.8. The van der Waals surface area contributed by atoms with Crippen molar-refractivity contribution in [2.75, 3.05) is 0 Å². The van der Waals surface area contributed by atoms with E-state index in [1.807, 2.05) is 26.4 Å². The number of aryl methyl sites for hydroxylation is 2. The van der Waals surface area contributed by atoms with Crippen LogP contribution in [-0.4, -0.2) is 26.0 Å². The molecule has 0 fully saturated rings. The second-order valence-electron chi connectivity index (χ2n) is 3.93. The molecular formula is C10H15N5OS. The quantitative estimate of drug-likeness (QED) is 0.827. The smallest absolute Gasteiger partial charge is 0.277 e. The Balaban J connectivity index is 2.18. The molecular weight excluding hydrogens is 238 g/mol. The predicted octanol–water partition coefficient (Wildman–Crippen LogP) is 1.29. The summed E-state index contributed by atoms with van der Waals surface area (Å²) in [6, 6.07) is -0.0311. The lowest BCUT2D eigenvalue weighted by Crippen LogP contribution is -2.22. The molecule has 0 aliphatic rings. The lowest BCUT2D eigenvalue weighted by Gasteiger charge is -2.16. The van der Waals surface area contributed by atoms with Crippen molar-refractivity contribution in [1.29, 1.82) is 0 Å². The minimum absolute atomic E-state index is 0.0311. The molecule has 2 atom stereocenters. The lowest BCUT2D eigenvalue weighted by molar-refractivity contribution is 0.427. The van der Waals surface area contributed by atoms with Gasteiger partial charge in [0.25, 0.3) is 5.22 Å². The predicted molar refractivity (Wildman–Crippen MR) is 64.5 cm³/mol. The third-order valence-corrected chi connectivity index (χ3v) is 3.59. The maximum atomic E-state index is 5.98. The monoisotopic (exact) mass is 253 g/mol. The van der Waals surface area contributed by atoms with Crippen molar-refractivity contribution in [3.63, 3.8) is 0 Å². The molecule has 0 aliphatic heterocycles. The highest BCUT2D eigenvalue weighted by Gasteiger charge is 2.22. The molecule has 0 amide bonds. The van der Waals surface area contributed by atoms with E-state index in [-0.39, 0.29) is 11.3 Å². The molecule has 0 spiro atoms. The van der Waals surface area contributed by atoms with Crippen molar-refractivity contribution in [2.45, 2.75) is 30.4 Å². The van der Waals surface area contributed by atoms with Crippen LogP contribution in [0.25, 0.3) is 0 Å². The van der Waals surface area contributed by atoms with Crippen molar-refractivity contribution in [3.05, 3.63) is 23.8 Å². The first-order valence-corrected chi connectivity index (χ1v) is 6.15. The minimum Gasteiger partial charge on any atom is -0.416 e. The molecule has 7 heteroatoms. The van der Waals surface area contributed by atoms with Gasteiger partial charge in [0, 0.05) is 31.8 Å². The molecule has 2 heterocycles. The molecule has 2 aromatic heterocycles. The van der Waals surface area contributed by atoms with Crippen molar-refractivity contribution in [1.82, 2.24) is 20.0 Å². The largest absolute Gasteiger partial charge is 0.416 e. The van der Waals surface area contributed by atoms with Crippen LogP contribution in [0.15, 0.2) is 22.0 Å². The fourth-order valence-electron chi connectivity index (χ4n) is 1.50. The molecule has 2 N–H and O–H groups in total. The van der Waals surface area contributed by atoms with Gasteiger partial charge in [-0.3, -0.25) is 4.68 Å². The molecule has 0 saturated heterocycles. The molecule has 92 valence electrons. The second-order valence-corrected chi connectivity index (χ2v) is 5.02. The first kappa shape index (κ1) is 12.1. The number of aromatic nitrogens is 4. The molecule has 2 rings (SSSR count). The van der Waals surface area contributed by atoms with E-state index in [0.717, 1.165) is 5.56 Å². The van der Waals surface area contributed by atoms with E-state index in [4.69, 9.17) is 10.2 Å². The number of nitrogens with zero attached hydrogens (tertiary/aromatic N) is 4. The second kappa shape index (κ2) is 4.89. The summed E-state index contributed by atoms with van der Waals surface area (Å²) in [7, 11) is 1.88. The maximum absolute atomic E-state index is 5.98. The Hall–Kier alpha value is -1.34. The summed E-state index contributed by atoms with van der Waals surface area (Å²) in [6.45, 7) is 3.72. The van der Waals surface area contributed by atoms with Gasteiger partial charge >= 0.3 is 0 Å². The van der Waals surface area contributed by atoms with E-state index < -0.39 is 0 Å². The van der Waals surface area contributed by atoms with Crippen LogP contribution in [0.4, 0.5) is 0 Å². The van der Waals surface area contributed by atoms with Gasteiger partial charge in [-0.2, -0.15) is 5.10 Å². The van der Waals surface area contributed by atoms with E-state index in [0.29, 0.717) is 11.1 Å². The zero-order valence-electron chi connectivity index (χ0n) is 9.99. The number of hydrogen-bond donors (Lipinski definition) is 1. The normalized spacial score (nSPS) is 14.8. The topological polar surface area (TPSA) is 82.8 Å². The van der Waals surface area contributed by atoms with Crippen LogP contribution in [0.2, 0.25) is 0 Å². The Morgan fingerprint density at radius 2 is 2.24 bits per heavy atom. The van der Waals surface area contributed by atoms with Gasteiger partial charge in [0.05, 0.1) is 11.4 Å². The van der Waals surface area contributed by atoms with Gasteiger partial charge in [-0.1, -0.05) is 11.8 Å². The van der Waals surface area contributed by atoms with Gasteiger partial charge < -0.3 is 10.2 Å². The molecule has 0 radical (unpaired) electrons. The summed E-state index contributed by atoms with van der Waals surface area (Å²) in [5.41, 5.74) is 7.04. The Morgan fingerprint density at radius 1 is 1.47 bits per heavy atom. The third kappa shape index (κ3) is 2.86. The van der Waals surface area contributed by atoms with Crippen LogP contribution < -0.4 is 5.73 Å². The van der Waals surface area contributed by atoms with Crippen molar-refractivity contribution >= 4 is 11.8 Å². The summed E-state index contributed by atoms with van der Waals surface area (Å²) in [4.78, 5) is 0. The van der Waals surface area contributed by atoms with Gasteiger partial charge in [0.15, 0.2) is 0 Å². The average molecular weight is 253 g/mol. The fraction of sp³-hybridized carbons (Fsp3) is 0.500. The van der Waals surface area contributed by atoms with Crippen LogP contribution >= 0.6 is 11.8 Å². The standard InChI is InChI=1S/C10H15N5OS/c1-6(11)9(8-4-12-15(3)5-8)17-10-14-13-7(2)16-10/h4-6,9H,11H2,1-3H3. The van der Waals surface area contributed by atoms with Gasteiger partial charge in [0.1, 0.15) is 0 Å². The number of nitrogens with two attached hydrogens (primary N) is 1. The van der Waals surface area contributed by atoms with Crippen LogP contribution in [0.3, 0.4) is 0 Å². The van der Waals surface area contributed by atoms with Gasteiger partial charge in [-0.15, -0.1) is 10.2 Å². The van der Waals surface area contributed by atoms with Gasteiger partial charge in [-0.05, 0) is 6.92 Å². The van der Waals surface area contributed by atoms with Crippen molar-refractivity contribution < 1.29 is 4.42 Å².